The van der Waals surface area contributed by atoms with Crippen LogP contribution in [0, 0.1) is 29.1 Å². The maximum atomic E-state index is 12.8. The Labute approximate surface area is 172 Å². The lowest BCUT2D eigenvalue weighted by Gasteiger charge is -2.36. The molecule has 6 heteroatoms. The summed E-state index contributed by atoms with van der Waals surface area (Å²) in [6, 6.07) is 9.70. The molecule has 6 nitrogen and oxygen atoms in total. The third-order valence-electron chi connectivity index (χ3n) is 5.59. The van der Waals surface area contributed by atoms with E-state index in [1.54, 1.807) is 0 Å². The predicted molar refractivity (Wildman–Crippen MR) is 113 cm³/mol. The van der Waals surface area contributed by atoms with Crippen molar-refractivity contribution in [3.63, 3.8) is 0 Å². The number of carbonyl (C=O) groups is 1. The number of para-hydroxylation sites is 2. The molecular formula is C23H30N4O2. The van der Waals surface area contributed by atoms with Crippen LogP contribution in [0.1, 0.15) is 52.1 Å². The molecule has 1 saturated heterocycles. The number of hydrogen-bond donors (Lipinski definition) is 0. The highest BCUT2D eigenvalue weighted by atomic mass is 16.5. The number of rotatable bonds is 6. The fraction of sp³-hybridized carbons (Fsp3) is 0.565. The predicted octanol–water partition coefficient (Wildman–Crippen LogP) is 4.31. The molecule has 0 spiro atoms. The van der Waals surface area contributed by atoms with Crippen molar-refractivity contribution >= 4 is 22.8 Å². The minimum atomic E-state index is -1.08. The van der Waals surface area contributed by atoms with Gasteiger partial charge in [-0.05, 0) is 36.3 Å². The van der Waals surface area contributed by atoms with Crippen LogP contribution in [0.4, 0.5) is 5.82 Å². The van der Waals surface area contributed by atoms with Crippen LogP contribution in [-0.4, -0.2) is 35.6 Å². The van der Waals surface area contributed by atoms with Gasteiger partial charge in [-0.2, -0.15) is 5.26 Å². The van der Waals surface area contributed by atoms with Crippen molar-refractivity contribution in [3.05, 3.63) is 30.0 Å². The van der Waals surface area contributed by atoms with Crippen LogP contribution >= 0.6 is 0 Å². The number of ether oxygens (including phenoxy) is 1. The van der Waals surface area contributed by atoms with Gasteiger partial charge in [0, 0.05) is 13.1 Å². The molecule has 1 aliphatic heterocycles. The standard InChI is InChI=1S/C23H30N4O2/c1-5-15(2)14-29-23(28)18(11-24)21-22(27-12-16(3)10-17(4)13-27)26-20-9-7-6-8-19(20)25-21/h6-9,15-18H,5,10,12-14H2,1-4H3/t15-,16-,17-,18-/m0/s1. The SMILES string of the molecule is CC[C@H](C)COC(=O)[C@@H](C#N)c1nc2ccccc2nc1N1C[C@@H](C)C[C@H](C)C1. The lowest BCUT2D eigenvalue weighted by molar-refractivity contribution is -0.145. The van der Waals surface area contributed by atoms with E-state index in [0.717, 1.165) is 31.4 Å². The summed E-state index contributed by atoms with van der Waals surface area (Å²) in [5.74, 6) is 0.282. The van der Waals surface area contributed by atoms with Crippen LogP contribution in [0.25, 0.3) is 11.0 Å². The number of nitriles is 1. The van der Waals surface area contributed by atoms with Crippen molar-refractivity contribution in [1.29, 1.82) is 5.26 Å². The van der Waals surface area contributed by atoms with Gasteiger partial charge in [0.15, 0.2) is 11.7 Å². The van der Waals surface area contributed by atoms with Gasteiger partial charge in [-0.15, -0.1) is 0 Å². The number of carbonyl (C=O) groups excluding carboxylic acids is 1. The molecule has 3 rings (SSSR count). The molecule has 0 bridgehead atoms. The average Bonchev–Trinajstić information content (AvgIpc) is 2.71. The zero-order valence-electron chi connectivity index (χ0n) is 17.8. The van der Waals surface area contributed by atoms with E-state index in [1.165, 1.54) is 0 Å². The molecule has 0 N–H and O–H groups in total. The second-order valence-corrected chi connectivity index (χ2v) is 8.48. The number of fused-ring (bicyclic) bond motifs is 1. The molecule has 29 heavy (non-hydrogen) atoms. The number of nitrogens with zero attached hydrogens (tertiary/aromatic N) is 4. The van der Waals surface area contributed by atoms with Gasteiger partial charge in [-0.3, -0.25) is 4.79 Å². The second kappa shape index (κ2) is 9.21. The van der Waals surface area contributed by atoms with E-state index in [9.17, 15) is 10.1 Å². The fourth-order valence-electron chi connectivity index (χ4n) is 3.92. The van der Waals surface area contributed by atoms with Gasteiger partial charge in [-0.1, -0.05) is 46.2 Å². The summed E-state index contributed by atoms with van der Waals surface area (Å²) in [4.78, 5) is 24.5. The molecule has 1 aliphatic rings. The summed E-state index contributed by atoms with van der Waals surface area (Å²) in [6.07, 6.45) is 2.07. The molecule has 1 fully saturated rings. The molecular weight excluding hydrogens is 364 g/mol. The second-order valence-electron chi connectivity index (χ2n) is 8.48. The van der Waals surface area contributed by atoms with Gasteiger partial charge in [0.1, 0.15) is 5.69 Å². The fourth-order valence-corrected chi connectivity index (χ4v) is 3.92. The Morgan fingerprint density at radius 1 is 1.24 bits per heavy atom. The van der Waals surface area contributed by atoms with E-state index in [2.05, 4.69) is 24.8 Å². The number of anilines is 1. The van der Waals surface area contributed by atoms with E-state index in [-0.39, 0.29) is 5.92 Å². The summed E-state index contributed by atoms with van der Waals surface area (Å²) in [7, 11) is 0. The quantitative estimate of drug-likeness (QED) is 0.679. The lowest BCUT2D eigenvalue weighted by Crippen LogP contribution is -2.40. The van der Waals surface area contributed by atoms with Crippen molar-refractivity contribution < 1.29 is 9.53 Å². The Kier molecular flexibility index (Phi) is 6.68. The highest BCUT2D eigenvalue weighted by molar-refractivity contribution is 5.85. The molecule has 2 aromatic rings. The number of piperidine rings is 1. The van der Waals surface area contributed by atoms with Gasteiger partial charge in [0.25, 0.3) is 0 Å². The van der Waals surface area contributed by atoms with Crippen molar-refractivity contribution in [2.75, 3.05) is 24.6 Å². The van der Waals surface area contributed by atoms with Crippen molar-refractivity contribution in [3.8, 4) is 6.07 Å². The van der Waals surface area contributed by atoms with E-state index >= 15 is 0 Å². The Balaban J connectivity index is 2.02. The van der Waals surface area contributed by atoms with Gasteiger partial charge in [-0.25, -0.2) is 9.97 Å². The number of aromatic nitrogens is 2. The topological polar surface area (TPSA) is 79.1 Å². The largest absolute Gasteiger partial charge is 0.464 e. The van der Waals surface area contributed by atoms with Crippen LogP contribution in [0.2, 0.25) is 0 Å². The summed E-state index contributed by atoms with van der Waals surface area (Å²) in [5.41, 5.74) is 1.85. The van der Waals surface area contributed by atoms with E-state index < -0.39 is 11.9 Å². The third kappa shape index (κ3) is 4.84. The first-order chi connectivity index (χ1) is 13.9. The van der Waals surface area contributed by atoms with Crippen LogP contribution < -0.4 is 4.90 Å². The summed E-state index contributed by atoms with van der Waals surface area (Å²) in [6.45, 7) is 10.5. The Morgan fingerprint density at radius 3 is 2.45 bits per heavy atom. The summed E-state index contributed by atoms with van der Waals surface area (Å²) < 4.78 is 5.45. The Morgan fingerprint density at radius 2 is 1.86 bits per heavy atom. The van der Waals surface area contributed by atoms with E-state index in [1.807, 2.05) is 38.1 Å². The van der Waals surface area contributed by atoms with E-state index in [0.29, 0.717) is 35.5 Å². The summed E-state index contributed by atoms with van der Waals surface area (Å²) >= 11 is 0. The zero-order valence-corrected chi connectivity index (χ0v) is 17.8. The van der Waals surface area contributed by atoms with Crippen molar-refractivity contribution in [2.24, 2.45) is 17.8 Å². The molecule has 0 amide bonds. The number of benzene rings is 1. The third-order valence-corrected chi connectivity index (χ3v) is 5.59. The molecule has 0 radical (unpaired) electrons. The van der Waals surface area contributed by atoms with Crippen molar-refractivity contribution in [2.45, 2.75) is 46.5 Å². The highest BCUT2D eigenvalue weighted by Gasteiger charge is 2.32. The number of hydrogen-bond acceptors (Lipinski definition) is 6. The zero-order chi connectivity index (χ0) is 21.0. The van der Waals surface area contributed by atoms with E-state index in [4.69, 9.17) is 14.7 Å². The maximum Gasteiger partial charge on any atom is 0.329 e. The molecule has 2 heterocycles. The monoisotopic (exact) mass is 394 g/mol. The van der Waals surface area contributed by atoms with Crippen LogP contribution in [-0.2, 0) is 9.53 Å². The summed E-state index contributed by atoms with van der Waals surface area (Å²) in [5, 5.41) is 9.83. The highest BCUT2D eigenvalue weighted by Crippen LogP contribution is 2.32. The van der Waals surface area contributed by atoms with Crippen LogP contribution in [0.15, 0.2) is 24.3 Å². The van der Waals surface area contributed by atoms with Crippen molar-refractivity contribution in [1.82, 2.24) is 9.97 Å². The minimum Gasteiger partial charge on any atom is -0.464 e. The normalized spacial score (nSPS) is 21.4. The van der Waals surface area contributed by atoms with Crippen LogP contribution in [0.3, 0.4) is 0 Å². The molecule has 1 aromatic carbocycles. The average molecular weight is 395 g/mol. The molecule has 154 valence electrons. The Bertz CT molecular complexity index is 897. The van der Waals surface area contributed by atoms with Gasteiger partial charge in [0.2, 0.25) is 0 Å². The molecule has 0 saturated carbocycles. The molecule has 0 unspecified atom stereocenters. The Hall–Kier alpha value is -2.68. The lowest BCUT2D eigenvalue weighted by atomic mass is 9.91. The van der Waals surface area contributed by atoms with Gasteiger partial charge in [0.05, 0.1) is 23.7 Å². The first kappa shape index (κ1) is 21.0. The van der Waals surface area contributed by atoms with Crippen LogP contribution in [0.5, 0.6) is 0 Å². The first-order valence-electron chi connectivity index (χ1n) is 10.5. The molecule has 4 atom stereocenters. The van der Waals surface area contributed by atoms with Gasteiger partial charge < -0.3 is 9.64 Å². The van der Waals surface area contributed by atoms with Gasteiger partial charge >= 0.3 is 5.97 Å². The smallest absolute Gasteiger partial charge is 0.329 e. The maximum absolute atomic E-state index is 12.8. The minimum absolute atomic E-state index is 0.254. The molecule has 0 aliphatic carbocycles. The number of esters is 1. The first-order valence-corrected chi connectivity index (χ1v) is 10.5. The molecule has 1 aromatic heterocycles.